The number of sulfone groups is 1. The second-order valence-corrected chi connectivity index (χ2v) is 10.4. The summed E-state index contributed by atoms with van der Waals surface area (Å²) in [5.74, 6) is -1.78. The summed E-state index contributed by atoms with van der Waals surface area (Å²) < 4.78 is 23.4. The third kappa shape index (κ3) is 5.70. The zero-order chi connectivity index (χ0) is 21.1. The van der Waals surface area contributed by atoms with Crippen LogP contribution >= 0.6 is 11.6 Å². The second kappa shape index (κ2) is 9.27. The van der Waals surface area contributed by atoms with Gasteiger partial charge in [0.25, 0.3) is 0 Å². The fourth-order valence-corrected chi connectivity index (χ4v) is 4.95. The number of carboxylic acids is 1. The molecule has 4 atom stereocenters. The molecule has 1 aliphatic heterocycles. The van der Waals surface area contributed by atoms with Crippen LogP contribution in [0.25, 0.3) is 0 Å². The second-order valence-electron chi connectivity index (χ2n) is 7.73. The Kier molecular flexibility index (Phi) is 7.51. The van der Waals surface area contributed by atoms with E-state index >= 15 is 0 Å². The molecule has 1 heterocycles. The first-order valence-electron chi connectivity index (χ1n) is 9.50. The molecule has 156 valence electrons. The first kappa shape index (κ1) is 22.7. The van der Waals surface area contributed by atoms with Crippen molar-refractivity contribution in [2.75, 3.05) is 12.0 Å². The van der Waals surface area contributed by atoms with Crippen LogP contribution in [0.1, 0.15) is 51.1 Å². The van der Waals surface area contributed by atoms with Crippen molar-refractivity contribution in [3.05, 3.63) is 34.9 Å². The highest BCUT2D eigenvalue weighted by Crippen LogP contribution is 2.42. The van der Waals surface area contributed by atoms with Crippen LogP contribution in [0.5, 0.6) is 0 Å². The summed E-state index contributed by atoms with van der Waals surface area (Å²) in [6.45, 7) is 3.93. The number of amides is 1. The summed E-state index contributed by atoms with van der Waals surface area (Å²) in [5, 5.41) is 9.81. The molecule has 6 nitrogen and oxygen atoms in total. The molecule has 0 unspecified atom stereocenters. The average molecular weight is 430 g/mol. The van der Waals surface area contributed by atoms with E-state index in [0.29, 0.717) is 24.3 Å². The molecular formula is C20H28ClNO5S. The summed E-state index contributed by atoms with van der Waals surface area (Å²) in [6.07, 6.45) is 2.38. The lowest BCUT2D eigenvalue weighted by Crippen LogP contribution is -2.52. The Morgan fingerprint density at radius 2 is 1.93 bits per heavy atom. The fraction of sp³-hybridized carbons (Fsp3) is 0.600. The topological polar surface area (TPSA) is 91.8 Å². The lowest BCUT2D eigenvalue weighted by molar-refractivity contribution is -0.154. The van der Waals surface area contributed by atoms with Crippen LogP contribution in [0.2, 0.25) is 5.02 Å². The highest BCUT2D eigenvalue weighted by Gasteiger charge is 2.43. The van der Waals surface area contributed by atoms with Gasteiger partial charge >= 0.3 is 5.97 Å². The van der Waals surface area contributed by atoms with E-state index in [1.165, 1.54) is 6.26 Å². The summed E-state index contributed by atoms with van der Waals surface area (Å²) in [6, 6.07) is 6.79. The smallest absolute Gasteiger partial charge is 0.304 e. The van der Waals surface area contributed by atoms with Gasteiger partial charge in [-0.1, -0.05) is 37.6 Å². The van der Waals surface area contributed by atoms with Crippen molar-refractivity contribution in [3.63, 3.8) is 0 Å². The maximum absolute atomic E-state index is 13.3. The van der Waals surface area contributed by atoms with E-state index in [-0.39, 0.29) is 36.1 Å². The molecule has 1 N–H and O–H groups in total. The summed E-state index contributed by atoms with van der Waals surface area (Å²) in [4.78, 5) is 26.3. The van der Waals surface area contributed by atoms with E-state index in [9.17, 15) is 23.1 Å². The van der Waals surface area contributed by atoms with E-state index in [4.69, 9.17) is 11.6 Å². The van der Waals surface area contributed by atoms with Gasteiger partial charge in [-0.3, -0.25) is 9.59 Å². The van der Waals surface area contributed by atoms with Gasteiger partial charge in [-0.15, -0.1) is 0 Å². The van der Waals surface area contributed by atoms with E-state index in [0.717, 1.165) is 5.56 Å². The van der Waals surface area contributed by atoms with Crippen LogP contribution in [-0.2, 0) is 19.4 Å². The van der Waals surface area contributed by atoms with Gasteiger partial charge in [-0.05, 0) is 42.9 Å². The normalized spacial score (nSPS) is 24.2. The lowest BCUT2D eigenvalue weighted by Gasteiger charge is -2.47. The molecule has 0 aliphatic carbocycles. The number of likely N-dealkylation sites (tertiary alicyclic amines) is 1. The predicted molar refractivity (Wildman–Crippen MR) is 109 cm³/mol. The van der Waals surface area contributed by atoms with Gasteiger partial charge in [0.05, 0.1) is 18.2 Å². The molecule has 1 aliphatic rings. The van der Waals surface area contributed by atoms with Crippen molar-refractivity contribution in [2.24, 2.45) is 11.8 Å². The van der Waals surface area contributed by atoms with Crippen LogP contribution in [0.3, 0.4) is 0 Å². The Bertz CT molecular complexity index is 808. The standard InChI is InChI=1S/C20H28ClNO5S/c1-4-17(9-10-28(3,26)27)22-19(14-5-7-16(21)8-6-14)13(2)11-15(20(22)25)12-18(23)24/h5-8,13,15,17,19H,4,9-12H2,1-3H3,(H,23,24)/t13-,15+,17-,19-/m0/s1. The zero-order valence-corrected chi connectivity index (χ0v) is 18.0. The number of hydrogen-bond donors (Lipinski definition) is 1. The molecule has 0 aromatic heterocycles. The maximum atomic E-state index is 13.3. The molecule has 1 saturated heterocycles. The number of halogens is 1. The Morgan fingerprint density at radius 3 is 2.43 bits per heavy atom. The number of aliphatic carboxylic acids is 1. The van der Waals surface area contributed by atoms with Gasteiger partial charge in [0.15, 0.2) is 0 Å². The minimum absolute atomic E-state index is 0.0133. The van der Waals surface area contributed by atoms with Gasteiger partial charge < -0.3 is 10.0 Å². The first-order chi connectivity index (χ1) is 13.0. The van der Waals surface area contributed by atoms with E-state index in [1.54, 1.807) is 17.0 Å². The van der Waals surface area contributed by atoms with Crippen molar-refractivity contribution < 1.29 is 23.1 Å². The molecule has 2 rings (SSSR count). The minimum Gasteiger partial charge on any atom is -0.481 e. The number of nitrogens with zero attached hydrogens (tertiary/aromatic N) is 1. The molecule has 1 fully saturated rings. The number of rotatable bonds is 8. The van der Waals surface area contributed by atoms with Crippen molar-refractivity contribution in [1.82, 2.24) is 4.90 Å². The van der Waals surface area contributed by atoms with E-state index in [1.807, 2.05) is 26.0 Å². The fourth-order valence-electron chi connectivity index (χ4n) is 4.13. The number of carbonyl (C=O) groups is 2. The first-order valence-corrected chi connectivity index (χ1v) is 11.9. The third-order valence-electron chi connectivity index (χ3n) is 5.42. The Morgan fingerprint density at radius 1 is 1.32 bits per heavy atom. The molecule has 1 aromatic carbocycles. The van der Waals surface area contributed by atoms with E-state index in [2.05, 4.69) is 0 Å². The van der Waals surface area contributed by atoms with Crippen molar-refractivity contribution in [1.29, 1.82) is 0 Å². The molecule has 0 spiro atoms. The molecule has 28 heavy (non-hydrogen) atoms. The molecule has 1 amide bonds. The monoisotopic (exact) mass is 429 g/mol. The van der Waals surface area contributed by atoms with Gasteiger partial charge in [-0.25, -0.2) is 8.42 Å². The van der Waals surface area contributed by atoms with E-state index < -0.39 is 21.7 Å². The Hall–Kier alpha value is -1.60. The summed E-state index contributed by atoms with van der Waals surface area (Å²) in [5.41, 5.74) is 0.928. The van der Waals surface area contributed by atoms with Crippen molar-refractivity contribution in [2.45, 2.75) is 51.6 Å². The number of carboxylic acid groups (broad SMARTS) is 1. The number of benzene rings is 1. The average Bonchev–Trinajstić information content (AvgIpc) is 2.59. The molecule has 0 radical (unpaired) electrons. The van der Waals surface area contributed by atoms with Crippen LogP contribution in [-0.4, -0.2) is 48.4 Å². The van der Waals surface area contributed by atoms with Gasteiger partial charge in [0.1, 0.15) is 9.84 Å². The Balaban J connectivity index is 2.43. The highest BCUT2D eigenvalue weighted by molar-refractivity contribution is 7.90. The number of carbonyl (C=O) groups excluding carboxylic acids is 1. The van der Waals surface area contributed by atoms with Crippen molar-refractivity contribution >= 4 is 33.3 Å². The maximum Gasteiger partial charge on any atom is 0.304 e. The van der Waals surface area contributed by atoms with Crippen LogP contribution in [0.15, 0.2) is 24.3 Å². The zero-order valence-electron chi connectivity index (χ0n) is 16.5. The minimum atomic E-state index is -3.17. The quantitative estimate of drug-likeness (QED) is 0.682. The molecular weight excluding hydrogens is 402 g/mol. The summed E-state index contributed by atoms with van der Waals surface area (Å²) >= 11 is 6.01. The molecule has 0 saturated carbocycles. The van der Waals surface area contributed by atoms with Crippen LogP contribution in [0.4, 0.5) is 0 Å². The molecule has 1 aromatic rings. The highest BCUT2D eigenvalue weighted by atomic mass is 35.5. The van der Waals surface area contributed by atoms with Gasteiger partial charge in [0, 0.05) is 23.2 Å². The largest absolute Gasteiger partial charge is 0.481 e. The third-order valence-corrected chi connectivity index (χ3v) is 6.65. The number of hydrogen-bond acceptors (Lipinski definition) is 4. The van der Waals surface area contributed by atoms with Crippen LogP contribution < -0.4 is 0 Å². The predicted octanol–water partition coefficient (Wildman–Crippen LogP) is 3.55. The SMILES string of the molecule is CC[C@@H](CCS(C)(=O)=O)N1C(=O)[C@@H](CC(=O)O)C[C@H](C)[C@H]1c1ccc(Cl)cc1. The lowest BCUT2D eigenvalue weighted by atomic mass is 9.78. The Labute approximate surface area is 171 Å². The number of piperidine rings is 1. The van der Waals surface area contributed by atoms with Gasteiger partial charge in [-0.2, -0.15) is 0 Å². The summed E-state index contributed by atoms with van der Waals surface area (Å²) in [7, 11) is -3.17. The molecule has 8 heteroatoms. The molecule has 0 bridgehead atoms. The van der Waals surface area contributed by atoms with Crippen LogP contribution in [0, 0.1) is 11.8 Å². The van der Waals surface area contributed by atoms with Crippen molar-refractivity contribution in [3.8, 4) is 0 Å². The van der Waals surface area contributed by atoms with Gasteiger partial charge in [0.2, 0.25) is 5.91 Å².